The zero-order chi connectivity index (χ0) is 25.8. The second-order valence-electron chi connectivity index (χ2n) is 9.87. The number of hydrogen-bond acceptors (Lipinski definition) is 9. The summed E-state index contributed by atoms with van der Waals surface area (Å²) in [5, 5.41) is 6.13. The number of hydrazone groups is 1. The summed E-state index contributed by atoms with van der Waals surface area (Å²) >= 11 is 0. The first-order chi connectivity index (χ1) is 17.9. The van der Waals surface area contributed by atoms with Gasteiger partial charge in [0.2, 0.25) is 5.41 Å². The van der Waals surface area contributed by atoms with Crippen molar-refractivity contribution >= 4 is 24.1 Å². The topological polar surface area (TPSA) is 104 Å². The first-order valence-corrected chi connectivity index (χ1v) is 12.6. The summed E-state index contributed by atoms with van der Waals surface area (Å²) in [6, 6.07) is 12.4. The minimum absolute atomic E-state index is 0.133. The SMILES string of the molecule is CCOC(=O)[C@@H]1[C@@H](c2ccc(OC)cc2)C2(C(=O)OC3(CCCC3)OC2=O)[C@H]2c3ccccc3C=NN12. The van der Waals surface area contributed by atoms with Crippen LogP contribution in [0.3, 0.4) is 0 Å². The predicted octanol–water partition coefficient (Wildman–Crippen LogP) is 3.47. The summed E-state index contributed by atoms with van der Waals surface area (Å²) in [4.78, 5) is 42.2. The molecular weight excluding hydrogens is 476 g/mol. The molecule has 0 N–H and O–H groups in total. The number of carbonyl (C=O) groups excluding carboxylic acids is 3. The van der Waals surface area contributed by atoms with Crippen LogP contribution in [0.5, 0.6) is 5.75 Å². The van der Waals surface area contributed by atoms with E-state index in [4.69, 9.17) is 18.9 Å². The van der Waals surface area contributed by atoms with Gasteiger partial charge in [-0.05, 0) is 48.6 Å². The molecule has 3 fully saturated rings. The zero-order valence-electron chi connectivity index (χ0n) is 20.7. The van der Waals surface area contributed by atoms with Crippen molar-refractivity contribution in [3.8, 4) is 5.75 Å². The molecule has 9 heteroatoms. The molecule has 1 saturated carbocycles. The number of ether oxygens (including phenoxy) is 4. The van der Waals surface area contributed by atoms with E-state index in [2.05, 4.69) is 5.10 Å². The fourth-order valence-electron chi connectivity index (χ4n) is 6.41. The van der Waals surface area contributed by atoms with Crippen LogP contribution in [-0.4, -0.2) is 54.7 Å². The molecule has 2 spiro atoms. The van der Waals surface area contributed by atoms with Gasteiger partial charge in [-0.1, -0.05) is 36.4 Å². The molecule has 37 heavy (non-hydrogen) atoms. The third-order valence-electron chi connectivity index (χ3n) is 8.01. The van der Waals surface area contributed by atoms with E-state index in [1.165, 1.54) is 5.01 Å². The Morgan fingerprint density at radius 2 is 1.73 bits per heavy atom. The lowest BCUT2D eigenvalue weighted by Gasteiger charge is -2.45. The van der Waals surface area contributed by atoms with Crippen molar-refractivity contribution in [3.05, 3.63) is 65.2 Å². The van der Waals surface area contributed by atoms with Gasteiger partial charge in [0.15, 0.2) is 6.04 Å². The molecule has 192 valence electrons. The summed E-state index contributed by atoms with van der Waals surface area (Å²) in [5.41, 5.74) is 0.146. The molecule has 2 aromatic rings. The predicted molar refractivity (Wildman–Crippen MR) is 131 cm³/mol. The van der Waals surface area contributed by atoms with Gasteiger partial charge in [-0.3, -0.25) is 14.6 Å². The van der Waals surface area contributed by atoms with Gasteiger partial charge in [-0.2, -0.15) is 5.10 Å². The van der Waals surface area contributed by atoms with Gasteiger partial charge in [0.1, 0.15) is 11.8 Å². The van der Waals surface area contributed by atoms with E-state index < -0.39 is 47.1 Å². The quantitative estimate of drug-likeness (QED) is 0.461. The molecular formula is C28H28N2O7. The van der Waals surface area contributed by atoms with Crippen molar-refractivity contribution < 1.29 is 33.3 Å². The Labute approximate surface area is 214 Å². The van der Waals surface area contributed by atoms with Crippen LogP contribution in [0.2, 0.25) is 0 Å². The first-order valence-electron chi connectivity index (χ1n) is 12.6. The van der Waals surface area contributed by atoms with Gasteiger partial charge in [0.05, 0.1) is 19.9 Å². The molecule has 0 radical (unpaired) electrons. The smallest absolute Gasteiger partial charge is 0.331 e. The van der Waals surface area contributed by atoms with Crippen LogP contribution in [0.25, 0.3) is 0 Å². The minimum atomic E-state index is -1.88. The molecule has 1 aliphatic carbocycles. The molecule has 0 bridgehead atoms. The molecule has 0 aromatic heterocycles. The highest BCUT2D eigenvalue weighted by Gasteiger charge is 2.76. The summed E-state index contributed by atoms with van der Waals surface area (Å²) in [7, 11) is 1.55. The molecule has 3 heterocycles. The molecule has 2 aromatic carbocycles. The van der Waals surface area contributed by atoms with Crippen LogP contribution in [0, 0.1) is 5.41 Å². The molecule has 0 amide bonds. The van der Waals surface area contributed by atoms with Crippen molar-refractivity contribution in [3.63, 3.8) is 0 Å². The van der Waals surface area contributed by atoms with Crippen molar-refractivity contribution in [2.45, 2.75) is 56.4 Å². The third-order valence-corrected chi connectivity index (χ3v) is 8.01. The standard InChI is InChI=1S/C28H28N2O7/c1-3-35-24(31)22-21(17-10-12-19(34-2)13-11-17)28(23-20-9-5-4-8-18(20)16-29-30(22)23)25(32)36-27(37-26(28)33)14-6-7-15-27/h4-5,8-13,16,21-23H,3,6-7,14-15H2,1-2H3/t21-,22+,23-/m1/s1. The second-order valence-corrected chi connectivity index (χ2v) is 9.87. The minimum Gasteiger partial charge on any atom is -0.497 e. The fourth-order valence-corrected chi connectivity index (χ4v) is 6.41. The van der Waals surface area contributed by atoms with Gasteiger partial charge in [-0.15, -0.1) is 0 Å². The van der Waals surface area contributed by atoms with Crippen LogP contribution in [-0.2, 0) is 28.6 Å². The average molecular weight is 505 g/mol. The Morgan fingerprint density at radius 3 is 2.38 bits per heavy atom. The maximum atomic E-state index is 14.3. The van der Waals surface area contributed by atoms with Crippen LogP contribution in [0.1, 0.15) is 61.3 Å². The summed E-state index contributed by atoms with van der Waals surface area (Å²) in [5.74, 6) is -3.61. The van der Waals surface area contributed by atoms with Gasteiger partial charge < -0.3 is 18.9 Å². The maximum absolute atomic E-state index is 14.3. The number of fused-ring (bicyclic) bond motifs is 4. The molecule has 9 nitrogen and oxygen atoms in total. The summed E-state index contributed by atoms with van der Waals surface area (Å²) in [6.07, 6.45) is 4.14. The Bertz CT molecular complexity index is 1260. The molecule has 0 unspecified atom stereocenters. The number of benzene rings is 2. The Morgan fingerprint density at radius 1 is 1.05 bits per heavy atom. The van der Waals surface area contributed by atoms with Gasteiger partial charge >= 0.3 is 17.9 Å². The number of esters is 3. The van der Waals surface area contributed by atoms with Crippen molar-refractivity contribution in [2.75, 3.05) is 13.7 Å². The first kappa shape index (κ1) is 23.5. The van der Waals surface area contributed by atoms with Crippen LogP contribution < -0.4 is 4.74 Å². The van der Waals surface area contributed by atoms with E-state index in [0.29, 0.717) is 29.7 Å². The zero-order valence-corrected chi connectivity index (χ0v) is 20.7. The van der Waals surface area contributed by atoms with Crippen LogP contribution >= 0.6 is 0 Å². The lowest BCUT2D eigenvalue weighted by molar-refractivity contribution is -0.263. The third kappa shape index (κ3) is 3.29. The highest BCUT2D eigenvalue weighted by molar-refractivity contribution is 6.06. The number of methoxy groups -OCH3 is 1. The number of rotatable bonds is 4. The number of hydrogen-bond donors (Lipinski definition) is 0. The Kier molecular flexibility index (Phi) is 5.47. The average Bonchev–Trinajstić information content (AvgIpc) is 3.48. The largest absolute Gasteiger partial charge is 0.497 e. The molecule has 6 rings (SSSR count). The molecule has 4 aliphatic rings. The van der Waals surface area contributed by atoms with Crippen molar-refractivity contribution in [1.82, 2.24) is 5.01 Å². The lowest BCUT2D eigenvalue weighted by Crippen LogP contribution is -2.59. The van der Waals surface area contributed by atoms with E-state index in [1.807, 2.05) is 24.3 Å². The van der Waals surface area contributed by atoms with Crippen LogP contribution in [0.15, 0.2) is 53.6 Å². The summed E-state index contributed by atoms with van der Waals surface area (Å²) < 4.78 is 22.9. The Balaban J connectivity index is 1.60. The maximum Gasteiger partial charge on any atom is 0.331 e. The summed E-state index contributed by atoms with van der Waals surface area (Å²) in [6.45, 7) is 1.85. The fraction of sp³-hybridized carbons (Fsp3) is 0.429. The van der Waals surface area contributed by atoms with Crippen molar-refractivity contribution in [1.29, 1.82) is 0 Å². The highest BCUT2D eigenvalue weighted by atomic mass is 16.7. The lowest BCUT2D eigenvalue weighted by atomic mass is 9.65. The van der Waals surface area contributed by atoms with Crippen LogP contribution in [0.4, 0.5) is 0 Å². The van der Waals surface area contributed by atoms with Gasteiger partial charge in [0, 0.05) is 18.8 Å². The number of nitrogens with zero attached hydrogens (tertiary/aromatic N) is 2. The van der Waals surface area contributed by atoms with E-state index in [9.17, 15) is 14.4 Å². The second kappa shape index (κ2) is 8.61. The number of carbonyl (C=O) groups is 3. The van der Waals surface area contributed by atoms with Gasteiger partial charge in [0.25, 0.3) is 5.79 Å². The molecule has 3 aliphatic heterocycles. The van der Waals surface area contributed by atoms with E-state index in [-0.39, 0.29) is 6.61 Å². The van der Waals surface area contributed by atoms with E-state index in [0.717, 1.165) is 18.4 Å². The van der Waals surface area contributed by atoms with Gasteiger partial charge in [-0.25, -0.2) is 4.79 Å². The molecule has 3 atom stereocenters. The molecule has 2 saturated heterocycles. The Hall–Kier alpha value is -3.88. The highest BCUT2D eigenvalue weighted by Crippen LogP contribution is 2.63. The normalized spacial score (nSPS) is 26.4. The van der Waals surface area contributed by atoms with Crippen molar-refractivity contribution in [2.24, 2.45) is 10.5 Å². The van der Waals surface area contributed by atoms with E-state index >= 15 is 0 Å². The monoisotopic (exact) mass is 504 g/mol. The van der Waals surface area contributed by atoms with E-state index in [1.54, 1.807) is 44.5 Å².